The van der Waals surface area contributed by atoms with Gasteiger partial charge < -0.3 is 8.68 Å². The van der Waals surface area contributed by atoms with Gasteiger partial charge in [0.15, 0.2) is 0 Å². The lowest BCUT2D eigenvalue weighted by Gasteiger charge is -2.39. The van der Waals surface area contributed by atoms with Crippen molar-refractivity contribution in [3.63, 3.8) is 0 Å². The van der Waals surface area contributed by atoms with Crippen molar-refractivity contribution >= 4 is 65.3 Å². The predicted molar refractivity (Wildman–Crippen MR) is 218 cm³/mol. The first-order chi connectivity index (χ1) is 24.5. The van der Waals surface area contributed by atoms with Crippen molar-refractivity contribution in [2.24, 2.45) is 0 Å². The third-order valence-electron chi connectivity index (χ3n) is 10.2. The minimum absolute atomic E-state index is 1.12. The van der Waals surface area contributed by atoms with E-state index in [1.165, 1.54) is 53.7 Å². The molecule has 1 heterocycles. The summed E-state index contributed by atoms with van der Waals surface area (Å²) in [5, 5.41) is 7.57. The Hall–Kier alpha value is -5.53. The summed E-state index contributed by atoms with van der Waals surface area (Å²) in [5.74, 6) is 0. The third kappa shape index (κ3) is 5.58. The van der Waals surface area contributed by atoms with E-state index in [1.807, 2.05) is 6.08 Å². The molecule has 0 spiro atoms. The van der Waals surface area contributed by atoms with Crippen LogP contribution in [-0.4, -0.2) is 21.2 Å². The van der Waals surface area contributed by atoms with Crippen molar-refractivity contribution in [3.8, 4) is 16.8 Å². The Morgan fingerprint density at radius 3 is 1.28 bits per heavy atom. The van der Waals surface area contributed by atoms with Crippen molar-refractivity contribution in [1.82, 2.24) is 4.57 Å². The van der Waals surface area contributed by atoms with Crippen LogP contribution in [-0.2, 0) is 4.12 Å². The topological polar surface area (TPSA) is 14.2 Å². The van der Waals surface area contributed by atoms with Crippen molar-refractivity contribution in [3.05, 3.63) is 194 Å². The van der Waals surface area contributed by atoms with Gasteiger partial charge in [0.25, 0.3) is 0 Å². The second kappa shape index (κ2) is 13.1. The maximum atomic E-state index is 7.88. The molecule has 0 aliphatic heterocycles. The van der Waals surface area contributed by atoms with Crippen molar-refractivity contribution in [1.29, 1.82) is 0 Å². The van der Waals surface area contributed by atoms with E-state index in [9.17, 15) is 0 Å². The number of hydrogen-bond donors (Lipinski definition) is 0. The number of rotatable bonds is 9. The van der Waals surface area contributed by atoms with Crippen LogP contribution in [0.25, 0.3) is 44.7 Å². The van der Waals surface area contributed by atoms with Crippen LogP contribution in [0.4, 0.5) is 0 Å². The van der Waals surface area contributed by atoms with Gasteiger partial charge in [-0.15, -0.1) is 0 Å². The van der Waals surface area contributed by atoms with E-state index < -0.39 is 16.6 Å². The molecule has 4 heteroatoms. The molecule has 2 nitrogen and oxygen atoms in total. The molecule has 8 aromatic rings. The van der Waals surface area contributed by atoms with Crippen LogP contribution in [0.3, 0.4) is 0 Å². The normalized spacial score (nSPS) is 13.9. The standard InChI is InChI=1S/C46H39NOSi2/c1-4-35-23-25-36(26-24-35)37-27-31-41(32-28-37)49(2,39-15-7-5-8-16-39)48-50(3,40-17-9-6-10-18-40)42-33-29-38(30-34-42)47-45-21-13-11-19-43(45)44-20-12-14-22-46(44)47/h4-34H,1H2,2-3H3. The molecule has 0 bridgehead atoms. The fraction of sp³-hybridized carbons (Fsp3) is 0.0435. The molecule has 50 heavy (non-hydrogen) atoms. The first-order valence-corrected chi connectivity index (χ1v) is 22.0. The molecule has 0 saturated carbocycles. The third-order valence-corrected chi connectivity index (χ3v) is 19.2. The Labute approximate surface area is 296 Å². The largest absolute Gasteiger partial charge is 0.442 e. The van der Waals surface area contributed by atoms with Crippen LogP contribution < -0.4 is 20.7 Å². The minimum Gasteiger partial charge on any atom is -0.442 e. The summed E-state index contributed by atoms with van der Waals surface area (Å²) >= 11 is 0. The highest BCUT2D eigenvalue weighted by molar-refractivity contribution is 7.08. The highest BCUT2D eigenvalue weighted by Crippen LogP contribution is 2.32. The van der Waals surface area contributed by atoms with Gasteiger partial charge in [0.1, 0.15) is 0 Å². The van der Waals surface area contributed by atoms with Gasteiger partial charge in [0.05, 0.1) is 11.0 Å². The van der Waals surface area contributed by atoms with E-state index >= 15 is 0 Å². The molecule has 242 valence electrons. The molecular weight excluding hydrogens is 639 g/mol. The van der Waals surface area contributed by atoms with Gasteiger partial charge in [0, 0.05) is 16.5 Å². The van der Waals surface area contributed by atoms with Gasteiger partial charge in [-0.25, -0.2) is 0 Å². The maximum Gasteiger partial charge on any atom is 0.242 e. The Bertz CT molecular complexity index is 2370. The van der Waals surface area contributed by atoms with Crippen LogP contribution in [0, 0.1) is 0 Å². The summed E-state index contributed by atoms with van der Waals surface area (Å²) in [6.07, 6.45) is 1.88. The number of fused-ring (bicyclic) bond motifs is 3. The molecule has 8 rings (SSSR count). The molecule has 1 aromatic heterocycles. The summed E-state index contributed by atoms with van der Waals surface area (Å²) in [6.45, 7) is 8.65. The number of nitrogens with zero attached hydrogens (tertiary/aromatic N) is 1. The average molecular weight is 678 g/mol. The first-order valence-electron chi connectivity index (χ1n) is 17.2. The van der Waals surface area contributed by atoms with E-state index in [0.29, 0.717) is 0 Å². The summed E-state index contributed by atoms with van der Waals surface area (Å²) in [6, 6.07) is 65.9. The zero-order valence-corrected chi connectivity index (χ0v) is 30.5. The van der Waals surface area contributed by atoms with Crippen molar-refractivity contribution < 1.29 is 4.12 Å². The molecule has 0 N–H and O–H groups in total. The molecule has 0 aliphatic rings. The summed E-state index contributed by atoms with van der Waals surface area (Å²) in [7, 11) is -5.50. The van der Waals surface area contributed by atoms with Gasteiger partial charge in [-0.2, -0.15) is 0 Å². The zero-order valence-electron chi connectivity index (χ0n) is 28.5. The molecule has 0 amide bonds. The first kappa shape index (κ1) is 31.7. The molecule has 0 saturated heterocycles. The highest BCUT2D eigenvalue weighted by Gasteiger charge is 2.45. The molecular formula is C46H39NOSi2. The van der Waals surface area contributed by atoms with Crippen LogP contribution >= 0.6 is 0 Å². The smallest absolute Gasteiger partial charge is 0.242 e. The Morgan fingerprint density at radius 1 is 0.440 bits per heavy atom. The van der Waals surface area contributed by atoms with Gasteiger partial charge >= 0.3 is 0 Å². The Balaban J connectivity index is 1.23. The fourth-order valence-electron chi connectivity index (χ4n) is 7.41. The fourth-order valence-corrected chi connectivity index (χ4v) is 16.5. The molecule has 2 atom stereocenters. The lowest BCUT2D eigenvalue weighted by Crippen LogP contribution is -2.70. The Morgan fingerprint density at radius 2 is 0.820 bits per heavy atom. The highest BCUT2D eigenvalue weighted by atomic mass is 28.4. The van der Waals surface area contributed by atoms with Crippen LogP contribution in [0.5, 0.6) is 0 Å². The lowest BCUT2D eigenvalue weighted by molar-refractivity contribution is 0.587. The number of para-hydroxylation sites is 2. The number of aromatic nitrogens is 1. The number of benzene rings is 7. The van der Waals surface area contributed by atoms with Gasteiger partial charge in [0.2, 0.25) is 16.6 Å². The van der Waals surface area contributed by atoms with Crippen LogP contribution in [0.15, 0.2) is 189 Å². The average Bonchev–Trinajstić information content (AvgIpc) is 3.53. The summed E-state index contributed by atoms with van der Waals surface area (Å²) in [5.41, 5.74) is 7.08. The van der Waals surface area contributed by atoms with Gasteiger partial charge in [-0.05, 0) is 74.8 Å². The van der Waals surface area contributed by atoms with Gasteiger partial charge in [-0.1, -0.05) is 170 Å². The molecule has 2 unspecified atom stereocenters. The Kier molecular flexibility index (Phi) is 8.29. The van der Waals surface area contributed by atoms with Gasteiger partial charge in [-0.3, -0.25) is 0 Å². The predicted octanol–water partition coefficient (Wildman–Crippen LogP) is 9.19. The summed E-state index contributed by atoms with van der Waals surface area (Å²) in [4.78, 5) is 0. The van der Waals surface area contributed by atoms with Crippen LogP contribution in [0.2, 0.25) is 13.1 Å². The second-order valence-corrected chi connectivity index (χ2v) is 20.5. The maximum absolute atomic E-state index is 7.88. The van der Waals surface area contributed by atoms with E-state index in [0.717, 1.165) is 11.3 Å². The van der Waals surface area contributed by atoms with Crippen molar-refractivity contribution in [2.75, 3.05) is 0 Å². The van der Waals surface area contributed by atoms with E-state index in [2.05, 4.69) is 206 Å². The molecule has 0 radical (unpaired) electrons. The molecule has 0 fully saturated rings. The number of hydrogen-bond acceptors (Lipinski definition) is 1. The molecule has 7 aromatic carbocycles. The summed E-state index contributed by atoms with van der Waals surface area (Å²) < 4.78 is 10.3. The molecule has 0 aliphatic carbocycles. The quantitative estimate of drug-likeness (QED) is 0.139. The second-order valence-electron chi connectivity index (χ2n) is 13.2. The van der Waals surface area contributed by atoms with Crippen molar-refractivity contribution in [2.45, 2.75) is 13.1 Å². The zero-order chi connectivity index (χ0) is 34.1. The van der Waals surface area contributed by atoms with E-state index in [1.54, 1.807) is 0 Å². The lowest BCUT2D eigenvalue weighted by atomic mass is 10.0. The van der Waals surface area contributed by atoms with E-state index in [-0.39, 0.29) is 0 Å². The monoisotopic (exact) mass is 677 g/mol. The minimum atomic E-state index is -2.76. The SMILES string of the molecule is C=Cc1ccc(-c2ccc([Si](C)(O[Si](C)(c3ccccc3)c3ccc(-n4c5ccccc5c5ccccc54)cc3)c3ccccc3)cc2)cc1. The van der Waals surface area contributed by atoms with Crippen LogP contribution in [0.1, 0.15) is 5.56 Å². The van der Waals surface area contributed by atoms with E-state index in [4.69, 9.17) is 4.12 Å².